The van der Waals surface area contributed by atoms with E-state index in [1.165, 1.54) is 12.4 Å². The second-order valence-corrected chi connectivity index (χ2v) is 5.27. The maximum Gasteiger partial charge on any atom is 0.257 e. The molecule has 122 valence electrons. The van der Waals surface area contributed by atoms with Crippen molar-refractivity contribution in [3.8, 4) is 0 Å². The summed E-state index contributed by atoms with van der Waals surface area (Å²) in [5.41, 5.74) is -0.291. The lowest BCUT2D eigenvalue weighted by Gasteiger charge is -2.21. The number of hydrogen-bond acceptors (Lipinski definition) is 3. The molecule has 23 heavy (non-hydrogen) atoms. The first kappa shape index (κ1) is 16.6. The first-order chi connectivity index (χ1) is 10.9. The van der Waals surface area contributed by atoms with Crippen molar-refractivity contribution in [1.29, 1.82) is 0 Å². The number of carbonyl (C=O) groups is 2. The van der Waals surface area contributed by atoms with Crippen LogP contribution in [0.3, 0.4) is 0 Å². The number of anilines is 1. The van der Waals surface area contributed by atoms with Crippen molar-refractivity contribution in [3.05, 3.63) is 47.8 Å². The first-order valence-corrected chi connectivity index (χ1v) is 6.94. The molecule has 6 nitrogen and oxygen atoms in total. The number of halogens is 2. The Morgan fingerprint density at radius 3 is 2.39 bits per heavy atom. The van der Waals surface area contributed by atoms with Crippen molar-refractivity contribution in [3.63, 3.8) is 0 Å². The van der Waals surface area contributed by atoms with Gasteiger partial charge in [-0.05, 0) is 18.1 Å². The number of rotatable bonds is 5. The summed E-state index contributed by atoms with van der Waals surface area (Å²) in [7, 11) is 0. The number of nitrogens with zero attached hydrogens (tertiary/aromatic N) is 1. The predicted molar refractivity (Wildman–Crippen MR) is 79.7 cm³/mol. The molecule has 1 unspecified atom stereocenters. The number of hydrogen-bond donors (Lipinski definition) is 3. The third-order valence-corrected chi connectivity index (χ3v) is 3.19. The van der Waals surface area contributed by atoms with Gasteiger partial charge in [0, 0.05) is 6.20 Å². The molecule has 8 heteroatoms. The molecule has 1 heterocycles. The predicted octanol–water partition coefficient (Wildman–Crippen LogP) is 2.08. The molecule has 1 aromatic heterocycles. The average Bonchev–Trinajstić information content (AvgIpc) is 2.97. The maximum absolute atomic E-state index is 13.6. The Hall–Kier alpha value is -2.77. The van der Waals surface area contributed by atoms with Gasteiger partial charge >= 0.3 is 0 Å². The van der Waals surface area contributed by atoms with Crippen LogP contribution in [-0.4, -0.2) is 28.1 Å². The average molecular weight is 322 g/mol. The minimum atomic E-state index is -0.986. The number of aromatic amines is 1. The highest BCUT2D eigenvalue weighted by atomic mass is 19.1. The number of amides is 2. The van der Waals surface area contributed by atoms with Crippen molar-refractivity contribution in [1.82, 2.24) is 15.5 Å². The lowest BCUT2D eigenvalue weighted by Crippen LogP contribution is -2.47. The van der Waals surface area contributed by atoms with Crippen LogP contribution in [0.4, 0.5) is 14.5 Å². The number of carbonyl (C=O) groups excluding carboxylic acids is 2. The van der Waals surface area contributed by atoms with Gasteiger partial charge in [-0.3, -0.25) is 14.7 Å². The Morgan fingerprint density at radius 2 is 1.87 bits per heavy atom. The summed E-state index contributed by atoms with van der Waals surface area (Å²) >= 11 is 0. The standard InChI is InChI=1S/C15H16F2N4O2/c1-8(2)13(15(23)20-9-6-18-19-7-9)21-14(22)12-10(16)4-3-5-11(12)17/h3-8,13H,1-2H3,(H,18,19)(H,20,23)(H,21,22). The second-order valence-electron chi connectivity index (χ2n) is 5.27. The number of benzene rings is 1. The van der Waals surface area contributed by atoms with Gasteiger partial charge in [-0.1, -0.05) is 19.9 Å². The zero-order valence-corrected chi connectivity index (χ0v) is 12.6. The molecule has 2 amide bonds. The van der Waals surface area contributed by atoms with E-state index in [0.29, 0.717) is 5.69 Å². The van der Waals surface area contributed by atoms with E-state index in [2.05, 4.69) is 20.8 Å². The van der Waals surface area contributed by atoms with Crippen LogP contribution in [0.15, 0.2) is 30.6 Å². The molecule has 0 spiro atoms. The van der Waals surface area contributed by atoms with Gasteiger partial charge in [-0.2, -0.15) is 5.10 Å². The Kier molecular flexibility index (Phi) is 5.05. The van der Waals surface area contributed by atoms with Crippen molar-refractivity contribution < 1.29 is 18.4 Å². The van der Waals surface area contributed by atoms with Crippen LogP contribution >= 0.6 is 0 Å². The summed E-state index contributed by atoms with van der Waals surface area (Å²) < 4.78 is 27.3. The van der Waals surface area contributed by atoms with Gasteiger partial charge in [-0.15, -0.1) is 0 Å². The summed E-state index contributed by atoms with van der Waals surface area (Å²) in [5, 5.41) is 11.1. The summed E-state index contributed by atoms with van der Waals surface area (Å²) in [6.45, 7) is 3.41. The molecule has 1 atom stereocenters. The molecule has 0 bridgehead atoms. The van der Waals surface area contributed by atoms with E-state index in [1.807, 2.05) is 0 Å². The lowest BCUT2D eigenvalue weighted by molar-refractivity contribution is -0.118. The van der Waals surface area contributed by atoms with Crippen molar-refractivity contribution in [2.45, 2.75) is 19.9 Å². The number of aromatic nitrogens is 2. The summed E-state index contributed by atoms with van der Waals surface area (Å²) in [5.74, 6) is -3.76. The fourth-order valence-electron chi connectivity index (χ4n) is 2.00. The van der Waals surface area contributed by atoms with Crippen LogP contribution in [0.1, 0.15) is 24.2 Å². The van der Waals surface area contributed by atoms with Crippen LogP contribution in [0.25, 0.3) is 0 Å². The van der Waals surface area contributed by atoms with E-state index in [0.717, 1.165) is 18.2 Å². The molecule has 1 aromatic carbocycles. The highest BCUT2D eigenvalue weighted by Gasteiger charge is 2.27. The van der Waals surface area contributed by atoms with Crippen molar-refractivity contribution in [2.75, 3.05) is 5.32 Å². The van der Waals surface area contributed by atoms with E-state index < -0.39 is 35.1 Å². The molecule has 3 N–H and O–H groups in total. The highest BCUT2D eigenvalue weighted by Crippen LogP contribution is 2.14. The van der Waals surface area contributed by atoms with Crippen LogP contribution < -0.4 is 10.6 Å². The van der Waals surface area contributed by atoms with Crippen molar-refractivity contribution >= 4 is 17.5 Å². The summed E-state index contributed by atoms with van der Waals surface area (Å²) in [4.78, 5) is 24.4. The fourth-order valence-corrected chi connectivity index (χ4v) is 2.00. The zero-order valence-electron chi connectivity index (χ0n) is 12.6. The van der Waals surface area contributed by atoms with Gasteiger partial charge in [0.2, 0.25) is 5.91 Å². The van der Waals surface area contributed by atoms with Gasteiger partial charge in [0.1, 0.15) is 23.2 Å². The highest BCUT2D eigenvalue weighted by molar-refractivity contribution is 6.01. The number of nitrogens with one attached hydrogen (secondary N) is 3. The zero-order chi connectivity index (χ0) is 17.0. The molecule has 0 saturated carbocycles. The molecule has 0 fully saturated rings. The normalized spacial score (nSPS) is 12.0. The molecule has 0 aliphatic rings. The van der Waals surface area contributed by atoms with E-state index in [9.17, 15) is 18.4 Å². The van der Waals surface area contributed by atoms with Crippen LogP contribution in [0.2, 0.25) is 0 Å². The maximum atomic E-state index is 13.6. The minimum absolute atomic E-state index is 0.291. The van der Waals surface area contributed by atoms with E-state index in [4.69, 9.17) is 0 Å². The largest absolute Gasteiger partial charge is 0.340 e. The fraction of sp³-hybridized carbons (Fsp3) is 0.267. The summed E-state index contributed by atoms with van der Waals surface area (Å²) in [6, 6.07) is 2.16. The van der Waals surface area contributed by atoms with Gasteiger partial charge in [0.15, 0.2) is 0 Å². The van der Waals surface area contributed by atoms with E-state index in [1.54, 1.807) is 13.8 Å². The van der Waals surface area contributed by atoms with Gasteiger partial charge in [0.05, 0.1) is 11.9 Å². The summed E-state index contributed by atoms with van der Waals surface area (Å²) in [6.07, 6.45) is 2.86. The second kappa shape index (κ2) is 6.99. The van der Waals surface area contributed by atoms with Crippen molar-refractivity contribution in [2.24, 2.45) is 5.92 Å². The monoisotopic (exact) mass is 322 g/mol. The minimum Gasteiger partial charge on any atom is -0.340 e. The molecule has 0 radical (unpaired) electrons. The van der Waals surface area contributed by atoms with Gasteiger partial charge in [0.25, 0.3) is 5.91 Å². The lowest BCUT2D eigenvalue weighted by atomic mass is 10.0. The van der Waals surface area contributed by atoms with Gasteiger partial charge < -0.3 is 10.6 Å². The Morgan fingerprint density at radius 1 is 1.22 bits per heavy atom. The molecular formula is C15H16F2N4O2. The first-order valence-electron chi connectivity index (χ1n) is 6.94. The molecule has 2 rings (SSSR count). The molecule has 0 aliphatic heterocycles. The molecule has 0 aliphatic carbocycles. The third-order valence-electron chi connectivity index (χ3n) is 3.19. The van der Waals surface area contributed by atoms with E-state index >= 15 is 0 Å². The third kappa shape index (κ3) is 3.91. The molecule has 0 saturated heterocycles. The Balaban J connectivity index is 2.16. The van der Waals surface area contributed by atoms with Crippen LogP contribution in [-0.2, 0) is 4.79 Å². The SMILES string of the molecule is CC(C)C(NC(=O)c1c(F)cccc1F)C(=O)Nc1cn[nH]c1. The topological polar surface area (TPSA) is 86.9 Å². The number of H-pyrrole nitrogens is 1. The van der Waals surface area contributed by atoms with Crippen LogP contribution in [0, 0.1) is 17.6 Å². The smallest absolute Gasteiger partial charge is 0.257 e. The van der Waals surface area contributed by atoms with Gasteiger partial charge in [-0.25, -0.2) is 8.78 Å². The van der Waals surface area contributed by atoms with Crippen LogP contribution in [0.5, 0.6) is 0 Å². The molecule has 2 aromatic rings. The Labute approximate surface area is 131 Å². The quantitative estimate of drug-likeness (QED) is 0.787. The molecular weight excluding hydrogens is 306 g/mol. The Bertz CT molecular complexity index is 681. The van der Waals surface area contributed by atoms with E-state index in [-0.39, 0.29) is 5.92 Å².